The van der Waals surface area contributed by atoms with Crippen LogP contribution in [0.2, 0.25) is 0 Å². The van der Waals surface area contributed by atoms with E-state index >= 15 is 0 Å². The van der Waals surface area contributed by atoms with Crippen LogP contribution in [-0.2, 0) is 0 Å². The molecule has 19 heavy (non-hydrogen) atoms. The summed E-state index contributed by atoms with van der Waals surface area (Å²) in [4.78, 5) is 9.72. The van der Waals surface area contributed by atoms with Gasteiger partial charge in [-0.1, -0.05) is 13.3 Å². The van der Waals surface area contributed by atoms with Gasteiger partial charge in [0.05, 0.1) is 9.26 Å². The van der Waals surface area contributed by atoms with Gasteiger partial charge >= 0.3 is 0 Å². The molecular weight excluding hydrogens is 349 g/mol. The molecular formula is C15H22IN3. The highest BCUT2D eigenvalue weighted by Crippen LogP contribution is 2.44. The lowest BCUT2D eigenvalue weighted by molar-refractivity contribution is 0.516. The van der Waals surface area contributed by atoms with Gasteiger partial charge in [0.1, 0.15) is 11.6 Å². The van der Waals surface area contributed by atoms with Crippen LogP contribution in [0.1, 0.15) is 68.8 Å². The Labute approximate surface area is 129 Å². The van der Waals surface area contributed by atoms with E-state index in [1.54, 1.807) is 0 Å². The van der Waals surface area contributed by atoms with Crippen molar-refractivity contribution in [1.82, 2.24) is 9.97 Å². The van der Waals surface area contributed by atoms with Gasteiger partial charge in [-0.25, -0.2) is 9.97 Å². The summed E-state index contributed by atoms with van der Waals surface area (Å²) in [7, 11) is 1.97. The summed E-state index contributed by atoms with van der Waals surface area (Å²) in [5.41, 5.74) is 1.30. The van der Waals surface area contributed by atoms with Gasteiger partial charge in [0.2, 0.25) is 0 Å². The first-order chi connectivity index (χ1) is 9.22. The molecule has 2 atom stereocenters. The van der Waals surface area contributed by atoms with E-state index in [2.05, 4.69) is 34.8 Å². The third-order valence-electron chi connectivity index (χ3n) is 4.58. The highest BCUT2D eigenvalue weighted by atomic mass is 127. The standard InChI is InChI=1S/C15H22IN3/c1-3-9-4-5-11(8-9)14-18-13(10-6-7-10)12(16)15(17-2)19-14/h9-11H,3-8H2,1-2H3,(H,17,18,19). The topological polar surface area (TPSA) is 37.8 Å². The lowest BCUT2D eigenvalue weighted by atomic mass is 10.0. The van der Waals surface area contributed by atoms with Crippen LogP contribution in [0.5, 0.6) is 0 Å². The van der Waals surface area contributed by atoms with Gasteiger partial charge in [-0.2, -0.15) is 0 Å². The molecule has 0 saturated heterocycles. The zero-order valence-corrected chi connectivity index (χ0v) is 13.9. The molecule has 0 amide bonds. The van der Waals surface area contributed by atoms with Crippen LogP contribution < -0.4 is 5.32 Å². The number of halogens is 1. The molecule has 0 spiro atoms. The average Bonchev–Trinajstić information content (AvgIpc) is 3.16. The summed E-state index contributed by atoms with van der Waals surface area (Å²) in [6.45, 7) is 2.30. The van der Waals surface area contributed by atoms with E-state index in [0.717, 1.165) is 17.6 Å². The average molecular weight is 371 g/mol. The fourth-order valence-corrected chi connectivity index (χ4v) is 4.09. The number of anilines is 1. The Hall–Kier alpha value is -0.390. The zero-order chi connectivity index (χ0) is 13.4. The second kappa shape index (κ2) is 5.54. The Morgan fingerprint density at radius 3 is 2.47 bits per heavy atom. The molecule has 1 aromatic heterocycles. The minimum absolute atomic E-state index is 0.589. The van der Waals surface area contributed by atoms with Crippen LogP contribution in [0.3, 0.4) is 0 Å². The van der Waals surface area contributed by atoms with Gasteiger partial charge in [-0.3, -0.25) is 0 Å². The van der Waals surface area contributed by atoms with Gasteiger partial charge < -0.3 is 5.32 Å². The Morgan fingerprint density at radius 2 is 1.89 bits per heavy atom. The van der Waals surface area contributed by atoms with Crippen molar-refractivity contribution in [3.05, 3.63) is 15.1 Å². The number of nitrogens with one attached hydrogen (secondary N) is 1. The third-order valence-corrected chi connectivity index (χ3v) is 5.64. The highest BCUT2D eigenvalue weighted by Gasteiger charge is 2.32. The maximum atomic E-state index is 4.94. The number of rotatable bonds is 4. The molecule has 0 aliphatic heterocycles. The van der Waals surface area contributed by atoms with Crippen LogP contribution in [0, 0.1) is 9.49 Å². The predicted octanol–water partition coefficient (Wildman–Crippen LogP) is 4.29. The van der Waals surface area contributed by atoms with E-state index in [1.807, 2.05) is 7.05 Å². The lowest BCUT2D eigenvalue weighted by Gasteiger charge is -2.14. The molecule has 2 unspecified atom stereocenters. The van der Waals surface area contributed by atoms with Gasteiger partial charge in [-0.05, 0) is 60.6 Å². The lowest BCUT2D eigenvalue weighted by Crippen LogP contribution is -2.09. The molecule has 0 radical (unpaired) electrons. The molecule has 2 aliphatic carbocycles. The molecule has 1 N–H and O–H groups in total. The van der Waals surface area contributed by atoms with Crippen LogP contribution in [0.15, 0.2) is 0 Å². The van der Waals surface area contributed by atoms with E-state index in [0.29, 0.717) is 11.8 Å². The van der Waals surface area contributed by atoms with E-state index in [-0.39, 0.29) is 0 Å². The largest absolute Gasteiger partial charge is 0.372 e. The summed E-state index contributed by atoms with van der Waals surface area (Å²) in [6.07, 6.45) is 7.81. The number of aromatic nitrogens is 2. The Bertz CT molecular complexity index is 471. The van der Waals surface area contributed by atoms with E-state index in [4.69, 9.17) is 9.97 Å². The molecule has 1 aromatic rings. The molecule has 3 rings (SSSR count). The molecule has 0 bridgehead atoms. The second-order valence-electron chi connectivity index (χ2n) is 5.94. The van der Waals surface area contributed by atoms with Crippen molar-refractivity contribution in [3.63, 3.8) is 0 Å². The normalized spacial score (nSPS) is 26.7. The highest BCUT2D eigenvalue weighted by molar-refractivity contribution is 14.1. The predicted molar refractivity (Wildman–Crippen MR) is 86.6 cm³/mol. The molecule has 0 aromatic carbocycles. The summed E-state index contributed by atoms with van der Waals surface area (Å²) >= 11 is 2.40. The minimum atomic E-state index is 0.589. The molecule has 2 saturated carbocycles. The molecule has 4 heteroatoms. The Kier molecular flexibility index (Phi) is 3.96. The SMILES string of the molecule is CCC1CCC(c2nc(NC)c(I)c(C3CC3)n2)C1. The van der Waals surface area contributed by atoms with E-state index in [9.17, 15) is 0 Å². The van der Waals surface area contributed by atoms with Gasteiger partial charge in [0.15, 0.2) is 0 Å². The van der Waals surface area contributed by atoms with Crippen molar-refractivity contribution in [2.45, 2.75) is 57.3 Å². The van der Waals surface area contributed by atoms with Crippen molar-refractivity contribution in [2.24, 2.45) is 5.92 Å². The summed E-state index contributed by atoms with van der Waals surface area (Å²) in [6, 6.07) is 0. The van der Waals surface area contributed by atoms with Crippen molar-refractivity contribution in [3.8, 4) is 0 Å². The summed E-state index contributed by atoms with van der Waals surface area (Å²) < 4.78 is 1.23. The first kappa shape index (κ1) is 13.6. The van der Waals surface area contributed by atoms with Gasteiger partial charge in [-0.15, -0.1) is 0 Å². The minimum Gasteiger partial charge on any atom is -0.372 e. The van der Waals surface area contributed by atoms with Crippen molar-refractivity contribution >= 4 is 28.4 Å². The quantitative estimate of drug-likeness (QED) is 0.803. The van der Waals surface area contributed by atoms with Crippen molar-refractivity contribution < 1.29 is 0 Å². The fraction of sp³-hybridized carbons (Fsp3) is 0.733. The number of nitrogens with zero attached hydrogens (tertiary/aromatic N) is 2. The maximum absolute atomic E-state index is 4.94. The number of hydrogen-bond acceptors (Lipinski definition) is 3. The van der Waals surface area contributed by atoms with Crippen molar-refractivity contribution in [2.75, 3.05) is 12.4 Å². The van der Waals surface area contributed by atoms with Crippen LogP contribution in [0.25, 0.3) is 0 Å². The number of hydrogen-bond donors (Lipinski definition) is 1. The maximum Gasteiger partial charge on any atom is 0.143 e. The summed E-state index contributed by atoms with van der Waals surface area (Å²) in [5.74, 6) is 4.31. The molecule has 2 fully saturated rings. The van der Waals surface area contributed by atoms with Gasteiger partial charge in [0, 0.05) is 18.9 Å². The molecule has 3 nitrogen and oxygen atoms in total. The molecule has 1 heterocycles. The first-order valence-electron chi connectivity index (χ1n) is 7.48. The second-order valence-corrected chi connectivity index (χ2v) is 7.02. The van der Waals surface area contributed by atoms with E-state index in [1.165, 1.54) is 47.8 Å². The fourth-order valence-electron chi connectivity index (χ4n) is 3.14. The first-order valence-corrected chi connectivity index (χ1v) is 8.55. The van der Waals surface area contributed by atoms with Gasteiger partial charge in [0.25, 0.3) is 0 Å². The van der Waals surface area contributed by atoms with Crippen molar-refractivity contribution in [1.29, 1.82) is 0 Å². The summed E-state index contributed by atoms with van der Waals surface area (Å²) in [5, 5.41) is 3.25. The van der Waals surface area contributed by atoms with E-state index < -0.39 is 0 Å². The Balaban J connectivity index is 1.91. The van der Waals surface area contributed by atoms with Crippen LogP contribution in [-0.4, -0.2) is 17.0 Å². The third kappa shape index (κ3) is 2.73. The molecule has 2 aliphatic rings. The van der Waals surface area contributed by atoms with Crippen LogP contribution in [0.4, 0.5) is 5.82 Å². The Morgan fingerprint density at radius 1 is 1.16 bits per heavy atom. The smallest absolute Gasteiger partial charge is 0.143 e. The zero-order valence-electron chi connectivity index (χ0n) is 11.7. The van der Waals surface area contributed by atoms with Crippen LogP contribution >= 0.6 is 22.6 Å². The molecule has 104 valence electrons. The monoisotopic (exact) mass is 371 g/mol.